The highest BCUT2D eigenvalue weighted by Crippen LogP contribution is 2.23. The van der Waals surface area contributed by atoms with E-state index in [9.17, 15) is 19.2 Å². The molecule has 0 saturated carbocycles. The predicted molar refractivity (Wildman–Crippen MR) is 93.6 cm³/mol. The SMILES string of the molecule is Cc1ccccc1C=C1C(=O)NC(=O)N(c2ccc(C(=O)O)cc2)C1=O. The lowest BCUT2D eigenvalue weighted by Crippen LogP contribution is -2.54. The number of carbonyl (C=O) groups is 4. The minimum absolute atomic E-state index is 0.0189. The van der Waals surface area contributed by atoms with E-state index in [0.29, 0.717) is 5.56 Å². The molecule has 0 aliphatic carbocycles. The van der Waals surface area contributed by atoms with E-state index >= 15 is 0 Å². The van der Waals surface area contributed by atoms with Crippen molar-refractivity contribution in [2.45, 2.75) is 6.92 Å². The Kier molecular flexibility index (Phi) is 4.36. The number of carboxylic acids is 1. The first kappa shape index (κ1) is 17.1. The molecule has 1 aliphatic rings. The largest absolute Gasteiger partial charge is 0.478 e. The Balaban J connectivity index is 2.01. The van der Waals surface area contributed by atoms with E-state index in [1.807, 2.05) is 19.1 Å². The summed E-state index contributed by atoms with van der Waals surface area (Å²) in [5.74, 6) is -2.67. The van der Waals surface area contributed by atoms with Gasteiger partial charge in [-0.2, -0.15) is 0 Å². The van der Waals surface area contributed by atoms with Crippen molar-refractivity contribution in [3.05, 3.63) is 70.8 Å². The Morgan fingerprint density at radius 2 is 1.69 bits per heavy atom. The van der Waals surface area contributed by atoms with Crippen LogP contribution in [0.25, 0.3) is 6.08 Å². The molecular weight excluding hydrogens is 336 g/mol. The third-order valence-corrected chi connectivity index (χ3v) is 3.96. The van der Waals surface area contributed by atoms with Crippen LogP contribution in [0, 0.1) is 6.92 Å². The summed E-state index contributed by atoms with van der Waals surface area (Å²) in [6.07, 6.45) is 1.43. The smallest absolute Gasteiger partial charge is 0.335 e. The Bertz CT molecular complexity index is 960. The van der Waals surface area contributed by atoms with Gasteiger partial charge < -0.3 is 5.11 Å². The van der Waals surface area contributed by atoms with E-state index in [1.54, 1.807) is 12.1 Å². The van der Waals surface area contributed by atoms with Crippen molar-refractivity contribution < 1.29 is 24.3 Å². The maximum absolute atomic E-state index is 12.7. The average molecular weight is 350 g/mol. The fourth-order valence-electron chi connectivity index (χ4n) is 2.55. The van der Waals surface area contributed by atoms with Crippen LogP contribution < -0.4 is 10.2 Å². The summed E-state index contributed by atoms with van der Waals surface area (Å²) in [6, 6.07) is 11.5. The molecule has 0 unspecified atom stereocenters. The Morgan fingerprint density at radius 1 is 1.04 bits per heavy atom. The van der Waals surface area contributed by atoms with Crippen molar-refractivity contribution in [3.63, 3.8) is 0 Å². The summed E-state index contributed by atoms with van der Waals surface area (Å²) in [7, 11) is 0. The van der Waals surface area contributed by atoms with Crippen LogP contribution in [0.3, 0.4) is 0 Å². The molecule has 0 aromatic heterocycles. The molecule has 0 radical (unpaired) electrons. The Labute approximate surface area is 148 Å². The lowest BCUT2D eigenvalue weighted by atomic mass is 10.0. The summed E-state index contributed by atoms with van der Waals surface area (Å²) >= 11 is 0. The third-order valence-electron chi connectivity index (χ3n) is 3.96. The van der Waals surface area contributed by atoms with Gasteiger partial charge in [0.1, 0.15) is 5.57 Å². The quantitative estimate of drug-likeness (QED) is 0.653. The number of hydrogen-bond acceptors (Lipinski definition) is 4. The van der Waals surface area contributed by atoms with Crippen LogP contribution in [0.5, 0.6) is 0 Å². The minimum atomic E-state index is -1.12. The molecule has 1 saturated heterocycles. The molecular formula is C19H14N2O5. The zero-order valence-electron chi connectivity index (χ0n) is 13.7. The van der Waals surface area contributed by atoms with E-state index in [1.165, 1.54) is 30.3 Å². The first-order valence-electron chi connectivity index (χ1n) is 7.69. The molecule has 1 aliphatic heterocycles. The van der Waals surface area contributed by atoms with Gasteiger partial charge >= 0.3 is 12.0 Å². The van der Waals surface area contributed by atoms with Gasteiger partial charge in [-0.1, -0.05) is 24.3 Å². The zero-order chi connectivity index (χ0) is 18.8. The topological polar surface area (TPSA) is 104 Å². The molecule has 7 nitrogen and oxygen atoms in total. The van der Waals surface area contributed by atoms with Gasteiger partial charge in [0.25, 0.3) is 11.8 Å². The summed E-state index contributed by atoms with van der Waals surface area (Å²) in [4.78, 5) is 48.7. The standard InChI is InChI=1S/C19H14N2O5/c1-11-4-2-3-5-13(11)10-15-16(22)20-19(26)21(17(15)23)14-8-6-12(7-9-14)18(24)25/h2-10H,1H3,(H,24,25)(H,20,22,26). The minimum Gasteiger partial charge on any atom is -0.478 e. The van der Waals surface area contributed by atoms with Crippen molar-refractivity contribution in [2.75, 3.05) is 4.90 Å². The highest BCUT2D eigenvalue weighted by molar-refractivity contribution is 6.39. The lowest BCUT2D eigenvalue weighted by Gasteiger charge is -2.26. The van der Waals surface area contributed by atoms with Gasteiger partial charge in [-0.3, -0.25) is 14.9 Å². The van der Waals surface area contributed by atoms with Crippen LogP contribution >= 0.6 is 0 Å². The number of carboxylic acid groups (broad SMARTS) is 1. The number of barbiturate groups is 1. The molecule has 1 fully saturated rings. The summed E-state index contributed by atoms with van der Waals surface area (Å²) in [6.45, 7) is 1.84. The van der Waals surface area contributed by atoms with Gasteiger partial charge in [0.05, 0.1) is 11.3 Å². The van der Waals surface area contributed by atoms with E-state index < -0.39 is 23.8 Å². The summed E-state index contributed by atoms with van der Waals surface area (Å²) < 4.78 is 0. The molecule has 0 spiro atoms. The maximum Gasteiger partial charge on any atom is 0.335 e. The molecule has 2 aromatic rings. The third kappa shape index (κ3) is 3.10. The monoisotopic (exact) mass is 350 g/mol. The van der Waals surface area contributed by atoms with Crippen LogP contribution in [-0.4, -0.2) is 28.9 Å². The van der Waals surface area contributed by atoms with Crippen molar-refractivity contribution >= 4 is 35.6 Å². The van der Waals surface area contributed by atoms with Crippen molar-refractivity contribution in [3.8, 4) is 0 Å². The van der Waals surface area contributed by atoms with E-state index in [2.05, 4.69) is 5.32 Å². The van der Waals surface area contributed by atoms with E-state index in [0.717, 1.165) is 10.5 Å². The molecule has 7 heteroatoms. The maximum atomic E-state index is 12.7. The van der Waals surface area contributed by atoms with Gasteiger partial charge in [-0.15, -0.1) is 0 Å². The molecule has 0 bridgehead atoms. The number of hydrogen-bond donors (Lipinski definition) is 2. The number of nitrogens with zero attached hydrogens (tertiary/aromatic N) is 1. The average Bonchev–Trinajstić information content (AvgIpc) is 2.60. The number of imide groups is 2. The van der Waals surface area contributed by atoms with Gasteiger partial charge in [0.2, 0.25) is 0 Å². The molecule has 2 N–H and O–H groups in total. The summed E-state index contributed by atoms with van der Waals surface area (Å²) in [5.41, 5.74) is 1.56. The highest BCUT2D eigenvalue weighted by atomic mass is 16.4. The second-order valence-electron chi connectivity index (χ2n) is 5.67. The number of carbonyl (C=O) groups excluding carboxylic acids is 3. The fraction of sp³-hybridized carbons (Fsp3) is 0.0526. The number of benzene rings is 2. The first-order valence-corrected chi connectivity index (χ1v) is 7.69. The molecule has 3 rings (SSSR count). The van der Waals surface area contributed by atoms with Crippen LogP contribution in [0.2, 0.25) is 0 Å². The van der Waals surface area contributed by atoms with Gasteiger partial charge in [0, 0.05) is 0 Å². The number of rotatable bonds is 3. The van der Waals surface area contributed by atoms with E-state index in [-0.39, 0.29) is 16.8 Å². The van der Waals surface area contributed by atoms with Crippen LogP contribution in [0.4, 0.5) is 10.5 Å². The first-order chi connectivity index (χ1) is 12.4. The van der Waals surface area contributed by atoms with Crippen molar-refractivity contribution in [1.29, 1.82) is 0 Å². The van der Waals surface area contributed by atoms with E-state index in [4.69, 9.17) is 5.11 Å². The molecule has 2 aromatic carbocycles. The Morgan fingerprint density at radius 3 is 2.31 bits per heavy atom. The molecule has 0 atom stereocenters. The van der Waals surface area contributed by atoms with Gasteiger partial charge in [-0.25, -0.2) is 14.5 Å². The van der Waals surface area contributed by atoms with Gasteiger partial charge in [0.15, 0.2) is 0 Å². The molecule has 130 valence electrons. The Hall–Kier alpha value is -3.74. The second kappa shape index (κ2) is 6.64. The fourth-order valence-corrected chi connectivity index (χ4v) is 2.55. The number of anilines is 1. The summed E-state index contributed by atoms with van der Waals surface area (Å²) in [5, 5.41) is 11.1. The normalized spacial score (nSPS) is 16.0. The second-order valence-corrected chi connectivity index (χ2v) is 5.67. The number of nitrogens with one attached hydrogen (secondary N) is 1. The highest BCUT2D eigenvalue weighted by Gasteiger charge is 2.36. The molecule has 4 amide bonds. The zero-order valence-corrected chi connectivity index (χ0v) is 13.7. The number of amides is 4. The predicted octanol–water partition coefficient (Wildman–Crippen LogP) is 2.36. The van der Waals surface area contributed by atoms with Crippen molar-refractivity contribution in [2.24, 2.45) is 0 Å². The molecule has 26 heavy (non-hydrogen) atoms. The van der Waals surface area contributed by atoms with Crippen LogP contribution in [-0.2, 0) is 9.59 Å². The van der Waals surface area contributed by atoms with Crippen LogP contribution in [0.1, 0.15) is 21.5 Å². The number of aryl methyl sites for hydroxylation is 1. The van der Waals surface area contributed by atoms with Gasteiger partial charge in [-0.05, 0) is 48.4 Å². The van der Waals surface area contributed by atoms with Crippen LogP contribution in [0.15, 0.2) is 54.1 Å². The number of urea groups is 1. The lowest BCUT2D eigenvalue weighted by molar-refractivity contribution is -0.122. The van der Waals surface area contributed by atoms with Crippen molar-refractivity contribution in [1.82, 2.24) is 5.32 Å². The molecule has 1 heterocycles. The number of aromatic carboxylic acids is 1.